The fourth-order valence-electron chi connectivity index (χ4n) is 4.70. The Labute approximate surface area is 181 Å². The summed E-state index contributed by atoms with van der Waals surface area (Å²) >= 11 is 0. The highest BCUT2D eigenvalue weighted by atomic mass is 16.3. The first kappa shape index (κ1) is 21.2. The van der Waals surface area contributed by atoms with E-state index in [1.165, 1.54) is 0 Å². The number of piperidine rings is 1. The molecule has 2 aliphatic rings. The summed E-state index contributed by atoms with van der Waals surface area (Å²) in [5, 5.41) is 5.84. The SMILES string of the molecule is CC(C)C(NC(=O)N1C[C@H]2C[C@@H](C1)c1cccc(=O)n1C2)C(=O)NCCc1ccco1. The van der Waals surface area contributed by atoms with Gasteiger partial charge in [0, 0.05) is 50.3 Å². The minimum absolute atomic E-state index is 0.0243. The maximum absolute atomic E-state index is 13.0. The number of fused-ring (bicyclic) bond motifs is 4. The number of furan rings is 1. The molecule has 0 aromatic carbocycles. The van der Waals surface area contributed by atoms with E-state index in [-0.39, 0.29) is 35.3 Å². The Morgan fingerprint density at radius 1 is 1.16 bits per heavy atom. The highest BCUT2D eigenvalue weighted by Gasteiger charge is 2.37. The molecule has 0 saturated carbocycles. The van der Waals surface area contributed by atoms with E-state index in [1.807, 2.05) is 36.6 Å². The fourth-order valence-corrected chi connectivity index (χ4v) is 4.70. The van der Waals surface area contributed by atoms with Crippen LogP contribution in [0.5, 0.6) is 0 Å². The summed E-state index contributed by atoms with van der Waals surface area (Å²) in [6.45, 7) is 6.07. The van der Waals surface area contributed by atoms with Crippen molar-refractivity contribution < 1.29 is 14.0 Å². The van der Waals surface area contributed by atoms with Gasteiger partial charge in [0.05, 0.1) is 6.26 Å². The van der Waals surface area contributed by atoms with Gasteiger partial charge in [-0.15, -0.1) is 0 Å². The lowest BCUT2D eigenvalue weighted by Crippen LogP contribution is -2.57. The first-order valence-electron chi connectivity index (χ1n) is 11.0. The molecule has 1 saturated heterocycles. The first-order chi connectivity index (χ1) is 14.9. The van der Waals surface area contributed by atoms with E-state index in [0.29, 0.717) is 32.6 Å². The Kier molecular flexibility index (Phi) is 6.15. The normalized spacial score (nSPS) is 20.8. The number of carbonyl (C=O) groups excluding carboxylic acids is 2. The quantitative estimate of drug-likeness (QED) is 0.738. The largest absolute Gasteiger partial charge is 0.469 e. The second kappa shape index (κ2) is 8.99. The van der Waals surface area contributed by atoms with Gasteiger partial charge >= 0.3 is 6.03 Å². The molecule has 1 fully saturated rings. The van der Waals surface area contributed by atoms with E-state index in [4.69, 9.17) is 4.42 Å². The number of rotatable bonds is 6. The molecule has 8 heteroatoms. The summed E-state index contributed by atoms with van der Waals surface area (Å²) in [5.74, 6) is 0.966. The monoisotopic (exact) mass is 426 g/mol. The first-order valence-corrected chi connectivity index (χ1v) is 11.0. The average molecular weight is 427 g/mol. The summed E-state index contributed by atoms with van der Waals surface area (Å²) < 4.78 is 7.13. The van der Waals surface area contributed by atoms with Crippen LogP contribution in [0.1, 0.15) is 37.6 Å². The van der Waals surface area contributed by atoms with Crippen molar-refractivity contribution in [3.05, 3.63) is 58.4 Å². The van der Waals surface area contributed by atoms with E-state index in [1.54, 1.807) is 23.3 Å². The van der Waals surface area contributed by atoms with Gasteiger partial charge in [0.2, 0.25) is 5.91 Å². The molecule has 2 N–H and O–H groups in total. The van der Waals surface area contributed by atoms with E-state index in [0.717, 1.165) is 17.9 Å². The molecule has 4 rings (SSSR count). The fraction of sp³-hybridized carbons (Fsp3) is 0.522. The zero-order valence-corrected chi connectivity index (χ0v) is 18.0. The van der Waals surface area contributed by atoms with E-state index in [2.05, 4.69) is 10.6 Å². The number of likely N-dealkylation sites (tertiary alicyclic amines) is 1. The Balaban J connectivity index is 1.37. The van der Waals surface area contributed by atoms with E-state index < -0.39 is 6.04 Å². The highest BCUT2D eigenvalue weighted by molar-refractivity contribution is 5.87. The van der Waals surface area contributed by atoms with Crippen LogP contribution < -0.4 is 16.2 Å². The minimum atomic E-state index is -0.610. The second-order valence-corrected chi connectivity index (χ2v) is 8.89. The number of nitrogens with one attached hydrogen (secondary N) is 2. The predicted octanol–water partition coefficient (Wildman–Crippen LogP) is 1.95. The molecule has 31 heavy (non-hydrogen) atoms. The maximum atomic E-state index is 13.0. The number of amides is 3. The van der Waals surface area contributed by atoms with Crippen LogP contribution in [0.15, 0.2) is 45.8 Å². The molecule has 8 nitrogen and oxygen atoms in total. The number of carbonyl (C=O) groups is 2. The molecule has 0 radical (unpaired) electrons. The van der Waals surface area contributed by atoms with Crippen LogP contribution in [-0.2, 0) is 17.8 Å². The van der Waals surface area contributed by atoms with Crippen molar-refractivity contribution in [3.8, 4) is 0 Å². The summed E-state index contributed by atoms with van der Waals surface area (Å²) in [4.78, 5) is 39.7. The van der Waals surface area contributed by atoms with E-state index in [9.17, 15) is 14.4 Å². The van der Waals surface area contributed by atoms with Crippen molar-refractivity contribution in [1.82, 2.24) is 20.1 Å². The van der Waals surface area contributed by atoms with E-state index >= 15 is 0 Å². The highest BCUT2D eigenvalue weighted by Crippen LogP contribution is 2.34. The lowest BCUT2D eigenvalue weighted by Gasteiger charge is -2.43. The van der Waals surface area contributed by atoms with Crippen molar-refractivity contribution in [1.29, 1.82) is 0 Å². The Morgan fingerprint density at radius 3 is 2.74 bits per heavy atom. The van der Waals surface area contributed by atoms with Gasteiger partial charge in [0.25, 0.3) is 5.56 Å². The van der Waals surface area contributed by atoms with Crippen molar-refractivity contribution in [3.63, 3.8) is 0 Å². The number of nitrogens with zero attached hydrogens (tertiary/aromatic N) is 2. The Hall–Kier alpha value is -3.03. The van der Waals surface area contributed by atoms with Gasteiger partial charge in [0.15, 0.2) is 0 Å². The van der Waals surface area contributed by atoms with Crippen LogP contribution in [0.2, 0.25) is 0 Å². The van der Waals surface area contributed by atoms with Gasteiger partial charge in [-0.3, -0.25) is 9.59 Å². The summed E-state index contributed by atoms with van der Waals surface area (Å²) in [5.41, 5.74) is 1.02. The maximum Gasteiger partial charge on any atom is 0.318 e. The van der Waals surface area contributed by atoms with Gasteiger partial charge in [-0.25, -0.2) is 4.79 Å². The summed E-state index contributed by atoms with van der Waals surface area (Å²) in [6.07, 6.45) is 3.19. The molecule has 2 bridgehead atoms. The van der Waals surface area contributed by atoms with Gasteiger partial charge in [-0.1, -0.05) is 19.9 Å². The molecule has 3 atom stereocenters. The van der Waals surface area contributed by atoms with Crippen LogP contribution in [0.25, 0.3) is 0 Å². The standard InChI is InChI=1S/C23H30N4O4/c1-15(2)21(22(29)24-9-8-18-5-4-10-31-18)25-23(30)26-12-16-11-17(14-26)19-6-3-7-20(28)27(19)13-16/h3-7,10,15-17,21H,8-9,11-14H2,1-2H3,(H,24,29)(H,25,30)/t16-,17+,21?/m1/s1. The van der Waals surface area contributed by atoms with Crippen LogP contribution in [0, 0.1) is 11.8 Å². The summed E-state index contributed by atoms with van der Waals surface area (Å²) in [6, 6.07) is 8.21. The second-order valence-electron chi connectivity index (χ2n) is 8.89. The number of hydrogen-bond acceptors (Lipinski definition) is 4. The molecule has 2 aromatic rings. The number of urea groups is 1. The number of aromatic nitrogens is 1. The molecule has 3 amide bonds. The Morgan fingerprint density at radius 2 is 2.00 bits per heavy atom. The smallest absolute Gasteiger partial charge is 0.318 e. The van der Waals surface area contributed by atoms with Gasteiger partial charge in [0.1, 0.15) is 11.8 Å². The number of pyridine rings is 1. The third-order valence-electron chi connectivity index (χ3n) is 6.25. The molecule has 0 spiro atoms. The Bertz CT molecular complexity index is 982. The molecule has 1 unspecified atom stereocenters. The zero-order chi connectivity index (χ0) is 22.0. The third kappa shape index (κ3) is 4.68. The zero-order valence-electron chi connectivity index (χ0n) is 18.0. The lowest BCUT2D eigenvalue weighted by molar-refractivity contribution is -0.123. The van der Waals surface area contributed by atoms with Crippen molar-refractivity contribution in [2.45, 2.75) is 45.2 Å². The van der Waals surface area contributed by atoms with Gasteiger partial charge in [-0.05, 0) is 36.5 Å². The third-order valence-corrected chi connectivity index (χ3v) is 6.25. The van der Waals surface area contributed by atoms with Gasteiger partial charge in [-0.2, -0.15) is 0 Å². The lowest BCUT2D eigenvalue weighted by atomic mass is 9.83. The molecular weight excluding hydrogens is 396 g/mol. The van der Waals surface area contributed by atoms with Crippen LogP contribution >= 0.6 is 0 Å². The average Bonchev–Trinajstić information content (AvgIpc) is 3.25. The van der Waals surface area contributed by atoms with Crippen molar-refractivity contribution >= 4 is 11.9 Å². The molecule has 2 aliphatic heterocycles. The van der Waals surface area contributed by atoms with Crippen LogP contribution in [0.4, 0.5) is 4.79 Å². The van der Waals surface area contributed by atoms with Crippen molar-refractivity contribution in [2.75, 3.05) is 19.6 Å². The molecule has 2 aromatic heterocycles. The minimum Gasteiger partial charge on any atom is -0.469 e. The number of hydrogen-bond donors (Lipinski definition) is 2. The molecule has 0 aliphatic carbocycles. The van der Waals surface area contributed by atoms with Crippen LogP contribution in [-0.4, -0.2) is 47.1 Å². The topological polar surface area (TPSA) is 96.6 Å². The van der Waals surface area contributed by atoms with Crippen LogP contribution in [0.3, 0.4) is 0 Å². The van der Waals surface area contributed by atoms with Gasteiger partial charge < -0.3 is 24.5 Å². The predicted molar refractivity (Wildman–Crippen MR) is 116 cm³/mol. The molecule has 4 heterocycles. The molecule has 166 valence electrons. The van der Waals surface area contributed by atoms with Crippen molar-refractivity contribution in [2.24, 2.45) is 11.8 Å². The summed E-state index contributed by atoms with van der Waals surface area (Å²) in [7, 11) is 0. The molecular formula is C23H30N4O4.